The minimum Gasteiger partial charge on any atom is -0.454 e. The Hall–Kier alpha value is -3.98. The summed E-state index contributed by atoms with van der Waals surface area (Å²) in [6.45, 7) is 5.33. The molecule has 35 heavy (non-hydrogen) atoms. The maximum atomic E-state index is 14.4. The topological polar surface area (TPSA) is 93.7 Å². The Labute approximate surface area is 199 Å². The van der Waals surface area contributed by atoms with Gasteiger partial charge in [-0.3, -0.25) is 9.59 Å². The van der Waals surface area contributed by atoms with Crippen molar-refractivity contribution in [1.82, 2.24) is 9.88 Å². The van der Waals surface area contributed by atoms with Crippen LogP contribution in [0.4, 0.5) is 8.78 Å². The number of halogens is 2. The Morgan fingerprint density at radius 1 is 1.11 bits per heavy atom. The summed E-state index contributed by atoms with van der Waals surface area (Å²) in [6, 6.07) is 9.08. The lowest BCUT2D eigenvalue weighted by Gasteiger charge is -2.21. The molecule has 2 N–H and O–H groups in total. The SMILES string of the molecule is CCNC(=O)c1cc2c(=O)n(C)cc(-c3cc(C(C)(C)O)ccc3Oc3ccc(F)cc3F)c2o1. The Morgan fingerprint density at radius 2 is 1.83 bits per heavy atom. The predicted octanol–water partition coefficient (Wildman–Crippen LogP) is 4.85. The summed E-state index contributed by atoms with van der Waals surface area (Å²) in [5.41, 5.74) is -0.229. The quantitative estimate of drug-likeness (QED) is 0.410. The van der Waals surface area contributed by atoms with E-state index < -0.39 is 23.1 Å². The number of hydrogen-bond acceptors (Lipinski definition) is 5. The number of aromatic nitrogens is 1. The fourth-order valence-corrected chi connectivity index (χ4v) is 3.69. The summed E-state index contributed by atoms with van der Waals surface area (Å²) < 4.78 is 40.7. The molecule has 7 nitrogen and oxygen atoms in total. The van der Waals surface area contributed by atoms with E-state index in [1.807, 2.05) is 0 Å². The van der Waals surface area contributed by atoms with Crippen LogP contribution in [0.1, 0.15) is 36.9 Å². The normalized spacial score (nSPS) is 11.6. The van der Waals surface area contributed by atoms with Gasteiger partial charge in [-0.05, 0) is 50.6 Å². The van der Waals surface area contributed by atoms with Crippen LogP contribution in [-0.4, -0.2) is 22.1 Å². The number of aliphatic hydroxyl groups is 1. The van der Waals surface area contributed by atoms with Crippen LogP contribution in [0.5, 0.6) is 11.5 Å². The summed E-state index contributed by atoms with van der Waals surface area (Å²) >= 11 is 0. The lowest BCUT2D eigenvalue weighted by Crippen LogP contribution is -2.22. The Morgan fingerprint density at radius 3 is 2.49 bits per heavy atom. The van der Waals surface area contributed by atoms with Crippen LogP contribution in [0.15, 0.2) is 57.9 Å². The number of pyridine rings is 1. The highest BCUT2D eigenvalue weighted by molar-refractivity contribution is 6.00. The molecule has 2 aromatic heterocycles. The number of rotatable bonds is 6. The summed E-state index contributed by atoms with van der Waals surface area (Å²) in [7, 11) is 1.55. The largest absolute Gasteiger partial charge is 0.454 e. The summed E-state index contributed by atoms with van der Waals surface area (Å²) in [5.74, 6) is -2.22. The fraction of sp³-hybridized carbons (Fsp3) is 0.231. The average molecular weight is 482 g/mol. The third-order valence-corrected chi connectivity index (χ3v) is 5.50. The molecule has 0 atom stereocenters. The number of amides is 1. The predicted molar refractivity (Wildman–Crippen MR) is 127 cm³/mol. The van der Waals surface area contributed by atoms with Gasteiger partial charge in [0.1, 0.15) is 17.1 Å². The van der Waals surface area contributed by atoms with Crippen molar-refractivity contribution >= 4 is 16.9 Å². The van der Waals surface area contributed by atoms with Crippen molar-refractivity contribution in [3.8, 4) is 22.6 Å². The second-order valence-corrected chi connectivity index (χ2v) is 8.62. The zero-order valence-corrected chi connectivity index (χ0v) is 19.6. The molecule has 0 radical (unpaired) electrons. The van der Waals surface area contributed by atoms with Crippen molar-refractivity contribution in [2.45, 2.75) is 26.4 Å². The second-order valence-electron chi connectivity index (χ2n) is 8.62. The first-order valence-electron chi connectivity index (χ1n) is 10.9. The molecule has 0 unspecified atom stereocenters. The van der Waals surface area contributed by atoms with Crippen LogP contribution in [0.3, 0.4) is 0 Å². The molecule has 2 aromatic carbocycles. The molecule has 0 saturated carbocycles. The van der Waals surface area contributed by atoms with E-state index >= 15 is 0 Å². The van der Waals surface area contributed by atoms with E-state index in [2.05, 4.69) is 5.32 Å². The maximum absolute atomic E-state index is 14.4. The molecule has 182 valence electrons. The smallest absolute Gasteiger partial charge is 0.287 e. The van der Waals surface area contributed by atoms with Gasteiger partial charge in [0.15, 0.2) is 17.3 Å². The van der Waals surface area contributed by atoms with Crippen LogP contribution in [-0.2, 0) is 12.6 Å². The van der Waals surface area contributed by atoms with E-state index in [9.17, 15) is 23.5 Å². The molecule has 0 spiro atoms. The number of carbonyl (C=O) groups is 1. The Balaban J connectivity index is 1.98. The molecule has 0 aliphatic carbocycles. The minimum absolute atomic E-state index is 0.0444. The number of ether oxygens (including phenoxy) is 1. The van der Waals surface area contributed by atoms with Crippen molar-refractivity contribution in [2.24, 2.45) is 7.05 Å². The highest BCUT2D eigenvalue weighted by atomic mass is 19.1. The van der Waals surface area contributed by atoms with Gasteiger partial charge in [-0.1, -0.05) is 6.07 Å². The number of furan rings is 1. The second kappa shape index (κ2) is 8.99. The molecular weight excluding hydrogens is 458 g/mol. The van der Waals surface area contributed by atoms with Crippen molar-refractivity contribution in [1.29, 1.82) is 0 Å². The summed E-state index contributed by atoms with van der Waals surface area (Å²) in [4.78, 5) is 25.2. The zero-order valence-electron chi connectivity index (χ0n) is 19.6. The summed E-state index contributed by atoms with van der Waals surface area (Å²) in [6.07, 6.45) is 1.51. The highest BCUT2D eigenvalue weighted by Crippen LogP contribution is 2.40. The molecule has 0 fully saturated rings. The number of nitrogens with zero attached hydrogens (tertiary/aromatic N) is 1. The van der Waals surface area contributed by atoms with Crippen molar-refractivity contribution in [2.75, 3.05) is 6.54 Å². The first-order valence-corrected chi connectivity index (χ1v) is 10.9. The van der Waals surface area contributed by atoms with E-state index in [1.165, 1.54) is 22.9 Å². The first kappa shape index (κ1) is 24.2. The van der Waals surface area contributed by atoms with Gasteiger partial charge in [-0.2, -0.15) is 0 Å². The molecule has 2 heterocycles. The third kappa shape index (κ3) is 4.67. The van der Waals surface area contributed by atoms with Gasteiger partial charge in [0.2, 0.25) is 0 Å². The lowest BCUT2D eigenvalue weighted by molar-refractivity contribution is 0.0786. The average Bonchev–Trinajstić information content (AvgIpc) is 3.24. The van der Waals surface area contributed by atoms with Gasteiger partial charge in [0.05, 0.1) is 11.0 Å². The Bertz CT molecular complexity index is 1500. The van der Waals surface area contributed by atoms with Gasteiger partial charge < -0.3 is 24.1 Å². The molecule has 1 amide bonds. The lowest BCUT2D eigenvalue weighted by atomic mass is 9.93. The molecule has 0 aliphatic heterocycles. The third-order valence-electron chi connectivity index (χ3n) is 5.50. The first-order chi connectivity index (χ1) is 16.5. The monoisotopic (exact) mass is 482 g/mol. The molecule has 4 aromatic rings. The number of benzene rings is 2. The number of hydrogen-bond donors (Lipinski definition) is 2. The van der Waals surface area contributed by atoms with Gasteiger partial charge >= 0.3 is 0 Å². The Kier molecular flexibility index (Phi) is 6.21. The standard InChI is InChI=1S/C26H24F2N2O5/c1-5-29-24(31)22-12-17-23(35-22)18(13-30(4)25(17)32)16-10-14(26(2,3)33)6-8-20(16)34-21-9-7-15(27)11-19(21)28/h6-13,33H,5H2,1-4H3,(H,29,31). The molecule has 0 aliphatic rings. The molecule has 4 rings (SSSR count). The van der Waals surface area contributed by atoms with Crippen molar-refractivity contribution in [3.63, 3.8) is 0 Å². The molecular formula is C26H24F2N2O5. The van der Waals surface area contributed by atoms with Crippen molar-refractivity contribution < 1.29 is 27.8 Å². The van der Waals surface area contributed by atoms with Crippen molar-refractivity contribution in [3.05, 3.63) is 82.0 Å². The zero-order chi connectivity index (χ0) is 25.5. The minimum atomic E-state index is -1.23. The van der Waals surface area contributed by atoms with Gasteiger partial charge in [0.25, 0.3) is 11.5 Å². The van der Waals surface area contributed by atoms with Gasteiger partial charge in [-0.25, -0.2) is 8.78 Å². The van der Waals surface area contributed by atoms with E-state index in [4.69, 9.17) is 9.15 Å². The number of carbonyl (C=O) groups excluding carboxylic acids is 1. The molecule has 0 bridgehead atoms. The van der Waals surface area contributed by atoms with Crippen LogP contribution in [0.25, 0.3) is 22.1 Å². The van der Waals surface area contributed by atoms with Crippen LogP contribution >= 0.6 is 0 Å². The number of nitrogens with one attached hydrogen (secondary N) is 1. The number of aryl methyl sites for hydroxylation is 1. The maximum Gasteiger partial charge on any atom is 0.287 e. The van der Waals surface area contributed by atoms with Gasteiger partial charge in [0, 0.05) is 43.0 Å². The van der Waals surface area contributed by atoms with E-state index in [1.54, 1.807) is 40.0 Å². The molecule has 9 heteroatoms. The summed E-state index contributed by atoms with van der Waals surface area (Å²) in [5, 5.41) is 13.4. The van der Waals surface area contributed by atoms with E-state index in [0.717, 1.165) is 12.1 Å². The van der Waals surface area contributed by atoms with Gasteiger partial charge in [-0.15, -0.1) is 0 Å². The fourth-order valence-electron chi connectivity index (χ4n) is 3.69. The highest BCUT2D eigenvalue weighted by Gasteiger charge is 2.24. The number of fused-ring (bicyclic) bond motifs is 1. The van der Waals surface area contributed by atoms with Crippen LogP contribution in [0.2, 0.25) is 0 Å². The van der Waals surface area contributed by atoms with Crippen LogP contribution in [0, 0.1) is 11.6 Å². The van der Waals surface area contributed by atoms with E-state index in [0.29, 0.717) is 29.3 Å². The van der Waals surface area contributed by atoms with Crippen LogP contribution < -0.4 is 15.6 Å². The van der Waals surface area contributed by atoms with E-state index in [-0.39, 0.29) is 33.8 Å². The molecule has 0 saturated heterocycles.